The lowest BCUT2D eigenvalue weighted by atomic mass is 9.80. The second-order valence-corrected chi connectivity index (χ2v) is 6.52. The van der Waals surface area contributed by atoms with Gasteiger partial charge >= 0.3 is 11.9 Å². The molecule has 0 radical (unpaired) electrons. The van der Waals surface area contributed by atoms with Crippen molar-refractivity contribution in [3.05, 3.63) is 0 Å². The normalized spacial score (nSPS) is 16.2. The van der Waals surface area contributed by atoms with E-state index in [1.54, 1.807) is 20.8 Å². The summed E-state index contributed by atoms with van der Waals surface area (Å²) >= 11 is 0. The van der Waals surface area contributed by atoms with E-state index in [2.05, 4.69) is 0 Å². The minimum atomic E-state index is -1.99. The second-order valence-electron chi connectivity index (χ2n) is 6.52. The van der Waals surface area contributed by atoms with E-state index in [0.29, 0.717) is 0 Å². The van der Waals surface area contributed by atoms with Gasteiger partial charge in [0, 0.05) is 0 Å². The average Bonchev–Trinajstić information content (AvgIpc) is 1.96. The highest BCUT2D eigenvalue weighted by molar-refractivity contribution is 6.04. The van der Waals surface area contributed by atoms with E-state index >= 15 is 0 Å². The van der Waals surface area contributed by atoms with Crippen LogP contribution in [0.15, 0.2) is 0 Å². The Bertz CT molecular complexity index is 311. The Morgan fingerprint density at radius 2 is 1.53 bits per heavy atom. The van der Waals surface area contributed by atoms with Crippen molar-refractivity contribution in [1.29, 1.82) is 0 Å². The number of hydrogen-bond donors (Lipinski definition) is 2. The predicted octanol–water partition coefficient (Wildman–Crippen LogP) is 1.55. The Morgan fingerprint density at radius 3 is 1.76 bits per heavy atom. The maximum absolute atomic E-state index is 11.9. The zero-order valence-electron chi connectivity index (χ0n) is 11.5. The van der Waals surface area contributed by atoms with Gasteiger partial charge in [-0.25, -0.2) is 9.59 Å². The molecule has 0 aliphatic heterocycles. The van der Waals surface area contributed by atoms with Gasteiger partial charge in [-0.2, -0.15) is 0 Å². The third-order valence-electron chi connectivity index (χ3n) is 1.95. The molecular formula is C12H23NO4. The Labute approximate surface area is 102 Å². The van der Waals surface area contributed by atoms with Crippen molar-refractivity contribution >= 4 is 11.9 Å². The SMILES string of the molecule is CC(C)(C)CC(N)(C(=O)O)C(=O)OC(C)(C)C. The fraction of sp³-hybridized carbons (Fsp3) is 0.833. The molecule has 0 rings (SSSR count). The summed E-state index contributed by atoms with van der Waals surface area (Å²) in [5.41, 5.74) is 2.57. The quantitative estimate of drug-likeness (QED) is 0.581. The van der Waals surface area contributed by atoms with E-state index in [0.717, 1.165) is 0 Å². The molecule has 0 aromatic carbocycles. The fourth-order valence-electron chi connectivity index (χ4n) is 1.44. The third kappa shape index (κ3) is 5.17. The molecule has 0 aromatic heterocycles. The molecule has 1 unspecified atom stereocenters. The summed E-state index contributed by atoms with van der Waals surface area (Å²) < 4.78 is 5.07. The van der Waals surface area contributed by atoms with Crippen LogP contribution in [0.2, 0.25) is 0 Å². The van der Waals surface area contributed by atoms with Crippen molar-refractivity contribution in [1.82, 2.24) is 0 Å². The van der Waals surface area contributed by atoms with Crippen molar-refractivity contribution in [3.63, 3.8) is 0 Å². The molecule has 0 saturated carbocycles. The lowest BCUT2D eigenvalue weighted by molar-refractivity contribution is -0.170. The van der Waals surface area contributed by atoms with E-state index in [9.17, 15) is 9.59 Å². The monoisotopic (exact) mass is 245 g/mol. The summed E-state index contributed by atoms with van der Waals surface area (Å²) in [5, 5.41) is 9.14. The van der Waals surface area contributed by atoms with Crippen LogP contribution in [0.3, 0.4) is 0 Å². The number of ether oxygens (including phenoxy) is 1. The van der Waals surface area contributed by atoms with E-state index in [4.69, 9.17) is 15.6 Å². The molecule has 5 heteroatoms. The first-order chi connectivity index (χ1) is 7.28. The number of rotatable bonds is 3. The van der Waals surface area contributed by atoms with Crippen LogP contribution >= 0.6 is 0 Å². The van der Waals surface area contributed by atoms with Gasteiger partial charge in [0.15, 0.2) is 0 Å². The van der Waals surface area contributed by atoms with Gasteiger partial charge in [0.25, 0.3) is 0 Å². The smallest absolute Gasteiger partial charge is 0.338 e. The number of hydrogen-bond acceptors (Lipinski definition) is 4. The lowest BCUT2D eigenvalue weighted by Crippen LogP contribution is -2.58. The molecule has 0 fully saturated rings. The molecule has 0 bridgehead atoms. The number of carboxylic acid groups (broad SMARTS) is 1. The minimum absolute atomic E-state index is 0.0181. The Hall–Kier alpha value is -1.10. The number of aliphatic carboxylic acids is 1. The number of carbonyl (C=O) groups excluding carboxylic acids is 1. The maximum atomic E-state index is 11.9. The van der Waals surface area contributed by atoms with Crippen LogP contribution in [0.25, 0.3) is 0 Å². The van der Waals surface area contributed by atoms with Gasteiger partial charge in [-0.1, -0.05) is 20.8 Å². The molecule has 17 heavy (non-hydrogen) atoms. The van der Waals surface area contributed by atoms with E-state index in [-0.39, 0.29) is 11.8 Å². The summed E-state index contributed by atoms with van der Waals surface area (Å²) in [6.45, 7) is 10.5. The zero-order chi connectivity index (χ0) is 14.1. The molecule has 0 aliphatic rings. The van der Waals surface area contributed by atoms with Crippen LogP contribution in [0.5, 0.6) is 0 Å². The lowest BCUT2D eigenvalue weighted by Gasteiger charge is -2.32. The van der Waals surface area contributed by atoms with E-state index in [1.807, 2.05) is 20.8 Å². The van der Waals surface area contributed by atoms with Crippen molar-refractivity contribution in [2.75, 3.05) is 0 Å². The second kappa shape index (κ2) is 4.64. The summed E-state index contributed by atoms with van der Waals surface area (Å²) in [6, 6.07) is 0. The first-order valence-electron chi connectivity index (χ1n) is 5.54. The highest BCUT2D eigenvalue weighted by Gasteiger charge is 2.47. The molecule has 0 aromatic rings. The van der Waals surface area contributed by atoms with Gasteiger partial charge in [-0.3, -0.25) is 0 Å². The van der Waals surface area contributed by atoms with Gasteiger partial charge in [0.05, 0.1) is 0 Å². The Balaban J connectivity index is 5.10. The predicted molar refractivity (Wildman–Crippen MR) is 64.5 cm³/mol. The summed E-state index contributed by atoms with van der Waals surface area (Å²) in [4.78, 5) is 23.1. The Kier molecular flexibility index (Phi) is 4.34. The van der Waals surface area contributed by atoms with Crippen LogP contribution in [0, 0.1) is 5.41 Å². The molecular weight excluding hydrogens is 222 g/mol. The molecule has 0 amide bonds. The standard InChI is InChI=1S/C12H23NO4/c1-10(2,3)7-12(13,8(14)15)9(16)17-11(4,5)6/h7,13H2,1-6H3,(H,14,15). The largest absolute Gasteiger partial charge is 0.479 e. The van der Waals surface area contributed by atoms with Gasteiger partial charge in [0.1, 0.15) is 5.60 Å². The summed E-state index contributed by atoms with van der Waals surface area (Å²) in [5.74, 6) is -2.26. The van der Waals surface area contributed by atoms with Crippen LogP contribution in [0.1, 0.15) is 48.0 Å². The van der Waals surface area contributed by atoms with Crippen LogP contribution in [-0.2, 0) is 14.3 Å². The molecule has 100 valence electrons. The molecule has 1 atom stereocenters. The van der Waals surface area contributed by atoms with Crippen LogP contribution < -0.4 is 5.73 Å². The molecule has 0 aliphatic carbocycles. The summed E-state index contributed by atoms with van der Waals surface area (Å²) in [7, 11) is 0. The first-order valence-corrected chi connectivity index (χ1v) is 5.54. The Morgan fingerprint density at radius 1 is 1.12 bits per heavy atom. The highest BCUT2D eigenvalue weighted by Crippen LogP contribution is 2.28. The number of nitrogens with two attached hydrogens (primary N) is 1. The molecule has 5 nitrogen and oxygen atoms in total. The summed E-state index contributed by atoms with van der Waals surface area (Å²) in [6.07, 6.45) is 0.0181. The third-order valence-corrected chi connectivity index (χ3v) is 1.95. The van der Waals surface area contributed by atoms with Gasteiger partial charge in [0.2, 0.25) is 5.54 Å². The average molecular weight is 245 g/mol. The van der Waals surface area contributed by atoms with E-state index in [1.165, 1.54) is 0 Å². The number of esters is 1. The highest BCUT2D eigenvalue weighted by atomic mass is 16.6. The topological polar surface area (TPSA) is 89.6 Å². The van der Waals surface area contributed by atoms with Gasteiger partial charge in [-0.05, 0) is 32.6 Å². The minimum Gasteiger partial charge on any atom is -0.479 e. The molecule has 3 N–H and O–H groups in total. The fourth-order valence-corrected chi connectivity index (χ4v) is 1.44. The van der Waals surface area contributed by atoms with E-state index < -0.39 is 23.1 Å². The maximum Gasteiger partial charge on any atom is 0.338 e. The zero-order valence-corrected chi connectivity index (χ0v) is 11.5. The van der Waals surface area contributed by atoms with Crippen LogP contribution in [-0.4, -0.2) is 28.2 Å². The molecule has 0 saturated heterocycles. The van der Waals surface area contributed by atoms with Gasteiger partial charge < -0.3 is 15.6 Å². The first kappa shape index (κ1) is 15.9. The molecule has 0 spiro atoms. The van der Waals surface area contributed by atoms with Crippen LogP contribution in [0.4, 0.5) is 0 Å². The van der Waals surface area contributed by atoms with Crippen molar-refractivity contribution in [2.24, 2.45) is 11.1 Å². The number of carbonyl (C=O) groups is 2. The van der Waals surface area contributed by atoms with Gasteiger partial charge in [-0.15, -0.1) is 0 Å². The van der Waals surface area contributed by atoms with Crippen molar-refractivity contribution in [3.8, 4) is 0 Å². The number of carboxylic acids is 1. The van der Waals surface area contributed by atoms with Crippen molar-refractivity contribution in [2.45, 2.75) is 59.1 Å². The molecule has 0 heterocycles. The van der Waals surface area contributed by atoms with Crippen molar-refractivity contribution < 1.29 is 19.4 Å².